The van der Waals surface area contributed by atoms with Crippen LogP contribution in [0.15, 0.2) is 0 Å². The molecule has 1 saturated carbocycles. The molecule has 1 aliphatic heterocycles. The minimum atomic E-state index is -0.00775. The molecule has 98 valence electrons. The number of amides is 1. The molecule has 1 aliphatic carbocycles. The van der Waals surface area contributed by atoms with Gasteiger partial charge in [0.15, 0.2) is 0 Å². The molecule has 0 aromatic heterocycles. The third kappa shape index (κ3) is 3.22. The lowest BCUT2D eigenvalue weighted by Gasteiger charge is -2.39. The number of halogens is 1. The minimum absolute atomic E-state index is 0.00775. The van der Waals surface area contributed by atoms with E-state index in [0.717, 1.165) is 37.1 Å². The minimum Gasteiger partial charge on any atom is -0.381 e. The van der Waals surface area contributed by atoms with E-state index < -0.39 is 0 Å². The van der Waals surface area contributed by atoms with E-state index in [0.29, 0.717) is 6.61 Å². The van der Waals surface area contributed by atoms with E-state index in [1.165, 1.54) is 12.8 Å². The Morgan fingerprint density at radius 2 is 2.12 bits per heavy atom. The average Bonchev–Trinajstić information content (AvgIpc) is 2.86. The van der Waals surface area contributed by atoms with Gasteiger partial charge in [0, 0.05) is 17.5 Å². The van der Waals surface area contributed by atoms with Crippen LogP contribution in [0.4, 0.5) is 0 Å². The van der Waals surface area contributed by atoms with E-state index in [2.05, 4.69) is 28.2 Å². The van der Waals surface area contributed by atoms with Crippen LogP contribution in [0.3, 0.4) is 0 Å². The zero-order valence-corrected chi connectivity index (χ0v) is 12.1. The van der Waals surface area contributed by atoms with Crippen molar-refractivity contribution in [3.8, 4) is 0 Å². The molecule has 17 heavy (non-hydrogen) atoms. The van der Waals surface area contributed by atoms with Gasteiger partial charge in [-0.2, -0.15) is 0 Å². The highest BCUT2D eigenvalue weighted by Gasteiger charge is 2.36. The van der Waals surface area contributed by atoms with E-state index in [9.17, 15) is 4.79 Å². The summed E-state index contributed by atoms with van der Waals surface area (Å²) in [5, 5.41) is 4.15. The number of carbonyl (C=O) groups is 1. The predicted octanol–water partition coefficient (Wildman–Crippen LogP) is 2.48. The van der Waals surface area contributed by atoms with Crippen LogP contribution in [-0.4, -0.2) is 30.0 Å². The van der Waals surface area contributed by atoms with E-state index in [1.54, 1.807) is 0 Å². The quantitative estimate of drug-likeness (QED) is 0.814. The van der Waals surface area contributed by atoms with Crippen LogP contribution in [0, 0.1) is 11.8 Å². The third-order valence-corrected chi connectivity index (χ3v) is 5.25. The van der Waals surface area contributed by atoms with Crippen molar-refractivity contribution in [2.45, 2.75) is 44.6 Å². The highest BCUT2D eigenvalue weighted by atomic mass is 79.9. The maximum absolute atomic E-state index is 12.1. The highest BCUT2D eigenvalue weighted by molar-refractivity contribution is 9.09. The molecule has 1 atom stereocenters. The lowest BCUT2D eigenvalue weighted by atomic mass is 9.78. The summed E-state index contributed by atoms with van der Waals surface area (Å²) in [6.45, 7) is 3.63. The van der Waals surface area contributed by atoms with Gasteiger partial charge in [-0.3, -0.25) is 4.79 Å². The highest BCUT2D eigenvalue weighted by Crippen LogP contribution is 2.33. The smallest absolute Gasteiger partial charge is 0.225 e. The summed E-state index contributed by atoms with van der Waals surface area (Å²) in [6, 6.07) is 0. The van der Waals surface area contributed by atoms with Crippen molar-refractivity contribution in [3.05, 3.63) is 0 Å². The van der Waals surface area contributed by atoms with Crippen molar-refractivity contribution in [2.24, 2.45) is 11.8 Å². The Kier molecular flexibility index (Phi) is 4.47. The molecule has 1 saturated heterocycles. The molecule has 1 amide bonds. The Morgan fingerprint density at radius 1 is 1.41 bits per heavy atom. The van der Waals surface area contributed by atoms with Gasteiger partial charge in [-0.15, -0.1) is 0 Å². The Labute approximate surface area is 112 Å². The van der Waals surface area contributed by atoms with Crippen molar-refractivity contribution in [1.29, 1.82) is 0 Å². The molecule has 0 spiro atoms. The first-order valence-corrected chi connectivity index (χ1v) is 7.73. The van der Waals surface area contributed by atoms with E-state index in [4.69, 9.17) is 4.74 Å². The number of nitrogens with one attached hydrogen (secondary N) is 1. The second-order valence-electron chi connectivity index (χ2n) is 5.65. The SMILES string of the molecule is CC1CCC(CBr)(NC(=O)C2CCOC2)CC1. The van der Waals surface area contributed by atoms with Gasteiger partial charge >= 0.3 is 0 Å². The summed E-state index contributed by atoms with van der Waals surface area (Å²) in [5.74, 6) is 1.07. The summed E-state index contributed by atoms with van der Waals surface area (Å²) < 4.78 is 5.28. The largest absolute Gasteiger partial charge is 0.381 e. The summed E-state index contributed by atoms with van der Waals surface area (Å²) >= 11 is 3.58. The lowest BCUT2D eigenvalue weighted by Crippen LogP contribution is -2.53. The standard InChI is InChI=1S/C13H22BrNO2/c1-10-2-5-13(9-14,6-3-10)15-12(16)11-4-7-17-8-11/h10-11H,2-9H2,1H3,(H,15,16). The number of alkyl halides is 1. The topological polar surface area (TPSA) is 38.3 Å². The molecular weight excluding hydrogens is 282 g/mol. The van der Waals surface area contributed by atoms with Crippen molar-refractivity contribution in [3.63, 3.8) is 0 Å². The number of hydrogen-bond donors (Lipinski definition) is 1. The van der Waals surface area contributed by atoms with Gasteiger partial charge in [-0.1, -0.05) is 22.9 Å². The van der Waals surface area contributed by atoms with E-state index in [-0.39, 0.29) is 17.4 Å². The van der Waals surface area contributed by atoms with Gasteiger partial charge in [-0.05, 0) is 38.0 Å². The monoisotopic (exact) mass is 303 g/mol. The molecular formula is C13H22BrNO2. The van der Waals surface area contributed by atoms with Crippen LogP contribution in [0.5, 0.6) is 0 Å². The fourth-order valence-corrected chi connectivity index (χ4v) is 3.41. The molecule has 1 N–H and O–H groups in total. The Hall–Kier alpha value is -0.0900. The Bertz CT molecular complexity index is 269. The third-order valence-electron chi connectivity index (χ3n) is 4.18. The van der Waals surface area contributed by atoms with E-state index >= 15 is 0 Å². The van der Waals surface area contributed by atoms with Crippen LogP contribution in [0.1, 0.15) is 39.0 Å². The Balaban J connectivity index is 1.92. The number of ether oxygens (including phenoxy) is 1. The van der Waals surface area contributed by atoms with E-state index in [1.807, 2.05) is 0 Å². The van der Waals surface area contributed by atoms with Crippen molar-refractivity contribution >= 4 is 21.8 Å². The fourth-order valence-electron chi connectivity index (χ4n) is 2.71. The molecule has 1 heterocycles. The second-order valence-corrected chi connectivity index (χ2v) is 6.21. The Morgan fingerprint density at radius 3 is 2.65 bits per heavy atom. The molecule has 0 aromatic rings. The molecule has 2 fully saturated rings. The number of carbonyl (C=O) groups excluding carboxylic acids is 1. The molecule has 1 unspecified atom stereocenters. The molecule has 0 aromatic carbocycles. The number of hydrogen-bond acceptors (Lipinski definition) is 2. The van der Waals surface area contributed by atoms with Crippen LogP contribution >= 0.6 is 15.9 Å². The molecule has 4 heteroatoms. The molecule has 3 nitrogen and oxygen atoms in total. The van der Waals surface area contributed by atoms with Gasteiger partial charge in [-0.25, -0.2) is 0 Å². The van der Waals surface area contributed by atoms with Crippen LogP contribution < -0.4 is 5.32 Å². The summed E-state index contributed by atoms with van der Waals surface area (Å²) in [6.07, 6.45) is 5.50. The predicted molar refractivity (Wildman–Crippen MR) is 71.2 cm³/mol. The van der Waals surface area contributed by atoms with Gasteiger partial charge in [0.1, 0.15) is 0 Å². The second kappa shape index (κ2) is 5.70. The zero-order valence-electron chi connectivity index (χ0n) is 10.5. The fraction of sp³-hybridized carbons (Fsp3) is 0.923. The first kappa shape index (κ1) is 13.3. The summed E-state index contributed by atoms with van der Waals surface area (Å²) in [4.78, 5) is 12.1. The zero-order chi connectivity index (χ0) is 12.3. The molecule has 2 rings (SSSR count). The summed E-state index contributed by atoms with van der Waals surface area (Å²) in [5.41, 5.74) is -0.00775. The maximum atomic E-state index is 12.1. The average molecular weight is 304 g/mol. The number of rotatable bonds is 3. The summed E-state index contributed by atoms with van der Waals surface area (Å²) in [7, 11) is 0. The molecule has 0 radical (unpaired) electrons. The van der Waals surface area contributed by atoms with Gasteiger partial charge in [0.05, 0.1) is 12.5 Å². The molecule has 2 aliphatic rings. The van der Waals surface area contributed by atoms with Crippen molar-refractivity contribution in [1.82, 2.24) is 5.32 Å². The van der Waals surface area contributed by atoms with Crippen LogP contribution in [0.25, 0.3) is 0 Å². The van der Waals surface area contributed by atoms with Gasteiger partial charge in [0.2, 0.25) is 5.91 Å². The molecule has 0 bridgehead atoms. The first-order valence-electron chi connectivity index (χ1n) is 6.61. The van der Waals surface area contributed by atoms with Crippen LogP contribution in [0.2, 0.25) is 0 Å². The first-order chi connectivity index (χ1) is 8.15. The maximum Gasteiger partial charge on any atom is 0.225 e. The van der Waals surface area contributed by atoms with Gasteiger partial charge < -0.3 is 10.1 Å². The normalized spacial score (nSPS) is 38.0. The van der Waals surface area contributed by atoms with Gasteiger partial charge in [0.25, 0.3) is 0 Å². The lowest BCUT2D eigenvalue weighted by molar-refractivity contribution is -0.127. The van der Waals surface area contributed by atoms with Crippen molar-refractivity contribution in [2.75, 3.05) is 18.5 Å². The van der Waals surface area contributed by atoms with Crippen LogP contribution in [-0.2, 0) is 9.53 Å². The van der Waals surface area contributed by atoms with Crippen molar-refractivity contribution < 1.29 is 9.53 Å².